The molecule has 0 saturated heterocycles. The molecule has 7 heavy (non-hydrogen) atoms. The first-order valence-electron chi connectivity index (χ1n) is 2.15. The molecule has 0 aliphatic rings. The standard InChI is InChI=1S/C4H10N2O/c1-6-4(7)2-3-5/h4,7H,1-3,5H2. The number of aliphatic hydroxyl groups is 1. The van der Waals surface area contributed by atoms with E-state index < -0.39 is 6.23 Å². The summed E-state index contributed by atoms with van der Waals surface area (Å²) in [5.41, 5.74) is 5.06. The summed E-state index contributed by atoms with van der Waals surface area (Å²) in [5.74, 6) is 0. The Hall–Kier alpha value is -0.410. The number of hydrogen-bond acceptors (Lipinski definition) is 3. The molecule has 0 saturated carbocycles. The van der Waals surface area contributed by atoms with Crippen molar-refractivity contribution in [3.05, 3.63) is 0 Å². The predicted octanol–water partition coefficient (Wildman–Crippen LogP) is -0.646. The Morgan fingerprint density at radius 1 is 1.86 bits per heavy atom. The van der Waals surface area contributed by atoms with Gasteiger partial charge in [-0.25, -0.2) is 0 Å². The van der Waals surface area contributed by atoms with Crippen LogP contribution in [0.25, 0.3) is 0 Å². The van der Waals surface area contributed by atoms with Crippen LogP contribution in [0.5, 0.6) is 0 Å². The van der Waals surface area contributed by atoms with Gasteiger partial charge in [-0.1, -0.05) is 0 Å². The average Bonchev–Trinajstić information content (AvgIpc) is 1.68. The first-order chi connectivity index (χ1) is 3.31. The molecule has 1 atom stereocenters. The van der Waals surface area contributed by atoms with Crippen molar-refractivity contribution in [1.82, 2.24) is 0 Å². The number of aliphatic imine (C=N–C) groups is 1. The van der Waals surface area contributed by atoms with Crippen LogP contribution in [0.15, 0.2) is 4.99 Å². The summed E-state index contributed by atoms with van der Waals surface area (Å²) in [6.07, 6.45) is -0.159. The van der Waals surface area contributed by atoms with E-state index in [-0.39, 0.29) is 0 Å². The molecule has 0 fully saturated rings. The minimum Gasteiger partial charge on any atom is -0.372 e. The van der Waals surface area contributed by atoms with Gasteiger partial charge in [0.15, 0.2) is 0 Å². The third kappa shape index (κ3) is 3.42. The molecule has 42 valence electrons. The highest BCUT2D eigenvalue weighted by Gasteiger charge is 1.92. The Kier molecular flexibility index (Phi) is 3.55. The molecule has 0 heterocycles. The molecule has 1 unspecified atom stereocenters. The molecule has 0 aliphatic heterocycles. The monoisotopic (exact) mass is 102 g/mol. The van der Waals surface area contributed by atoms with Gasteiger partial charge in [0, 0.05) is 6.42 Å². The molecule has 0 bridgehead atoms. The molecule has 0 spiro atoms. The van der Waals surface area contributed by atoms with Gasteiger partial charge in [-0.15, -0.1) is 0 Å². The quantitative estimate of drug-likeness (QED) is 0.465. The van der Waals surface area contributed by atoms with Crippen LogP contribution < -0.4 is 5.73 Å². The van der Waals surface area contributed by atoms with E-state index in [0.717, 1.165) is 0 Å². The summed E-state index contributed by atoms with van der Waals surface area (Å²) in [5, 5.41) is 8.55. The lowest BCUT2D eigenvalue weighted by atomic mass is 10.4. The van der Waals surface area contributed by atoms with Crippen LogP contribution in [-0.2, 0) is 0 Å². The van der Waals surface area contributed by atoms with Crippen LogP contribution in [0.1, 0.15) is 6.42 Å². The van der Waals surface area contributed by atoms with Crippen molar-refractivity contribution in [1.29, 1.82) is 0 Å². The van der Waals surface area contributed by atoms with Crippen molar-refractivity contribution >= 4 is 6.72 Å². The SMILES string of the molecule is C=NC(O)CCN. The van der Waals surface area contributed by atoms with E-state index in [0.29, 0.717) is 13.0 Å². The summed E-state index contributed by atoms with van der Waals surface area (Å²) in [4.78, 5) is 3.30. The van der Waals surface area contributed by atoms with Gasteiger partial charge in [0.2, 0.25) is 0 Å². The Bertz CT molecular complexity index is 55.7. The maximum Gasteiger partial charge on any atom is 0.145 e. The third-order valence-electron chi connectivity index (χ3n) is 0.636. The molecule has 0 rings (SSSR count). The summed E-state index contributed by atoms with van der Waals surface area (Å²) >= 11 is 0. The van der Waals surface area contributed by atoms with Gasteiger partial charge < -0.3 is 10.8 Å². The highest BCUT2D eigenvalue weighted by atomic mass is 16.3. The number of nitrogens with two attached hydrogens (primary N) is 1. The lowest BCUT2D eigenvalue weighted by Crippen LogP contribution is -2.09. The minimum absolute atomic E-state index is 0.459. The van der Waals surface area contributed by atoms with Crippen LogP contribution in [-0.4, -0.2) is 24.6 Å². The smallest absolute Gasteiger partial charge is 0.145 e. The van der Waals surface area contributed by atoms with E-state index in [1.807, 2.05) is 0 Å². The van der Waals surface area contributed by atoms with Gasteiger partial charge in [0.05, 0.1) is 0 Å². The van der Waals surface area contributed by atoms with E-state index in [9.17, 15) is 0 Å². The Morgan fingerprint density at radius 3 is 2.57 bits per heavy atom. The molecule has 0 aromatic heterocycles. The molecule has 0 radical (unpaired) electrons. The zero-order valence-corrected chi connectivity index (χ0v) is 4.17. The number of rotatable bonds is 3. The molecule has 0 aromatic carbocycles. The van der Waals surface area contributed by atoms with Crippen LogP contribution in [0.2, 0.25) is 0 Å². The van der Waals surface area contributed by atoms with Gasteiger partial charge in [-0.05, 0) is 13.3 Å². The lowest BCUT2D eigenvalue weighted by molar-refractivity contribution is 0.178. The highest BCUT2D eigenvalue weighted by molar-refractivity contribution is 5.23. The minimum atomic E-state index is -0.662. The van der Waals surface area contributed by atoms with Crippen LogP contribution in [0.4, 0.5) is 0 Å². The molecule has 0 amide bonds. The van der Waals surface area contributed by atoms with Crippen LogP contribution >= 0.6 is 0 Å². The maximum atomic E-state index is 8.55. The molecule has 3 heteroatoms. The first kappa shape index (κ1) is 6.59. The molecule has 3 N–H and O–H groups in total. The number of aliphatic hydroxyl groups excluding tert-OH is 1. The van der Waals surface area contributed by atoms with Crippen molar-refractivity contribution in [2.75, 3.05) is 6.54 Å². The second-order valence-electron chi connectivity index (χ2n) is 1.24. The van der Waals surface area contributed by atoms with Crippen LogP contribution in [0, 0.1) is 0 Å². The van der Waals surface area contributed by atoms with E-state index in [1.165, 1.54) is 0 Å². The molecule has 0 aliphatic carbocycles. The molecule has 3 nitrogen and oxygen atoms in total. The van der Waals surface area contributed by atoms with Crippen molar-refractivity contribution < 1.29 is 5.11 Å². The topological polar surface area (TPSA) is 58.6 Å². The van der Waals surface area contributed by atoms with E-state index in [1.54, 1.807) is 0 Å². The third-order valence-corrected chi connectivity index (χ3v) is 0.636. The maximum absolute atomic E-state index is 8.55. The number of hydrogen-bond donors (Lipinski definition) is 2. The highest BCUT2D eigenvalue weighted by Crippen LogP contribution is 1.85. The average molecular weight is 102 g/mol. The van der Waals surface area contributed by atoms with Gasteiger partial charge in [0.1, 0.15) is 6.23 Å². The summed E-state index contributed by atoms with van der Waals surface area (Å²) in [6.45, 7) is 3.58. The van der Waals surface area contributed by atoms with Gasteiger partial charge >= 0.3 is 0 Å². The fourth-order valence-electron chi connectivity index (χ4n) is 0.240. The zero-order valence-electron chi connectivity index (χ0n) is 4.17. The summed E-state index contributed by atoms with van der Waals surface area (Å²) in [7, 11) is 0. The van der Waals surface area contributed by atoms with Crippen molar-refractivity contribution in [3.63, 3.8) is 0 Å². The van der Waals surface area contributed by atoms with Crippen molar-refractivity contribution in [2.24, 2.45) is 10.7 Å². The Morgan fingerprint density at radius 2 is 2.43 bits per heavy atom. The second-order valence-corrected chi connectivity index (χ2v) is 1.24. The zero-order chi connectivity index (χ0) is 5.70. The normalized spacial score (nSPS) is 13.4. The lowest BCUT2D eigenvalue weighted by Gasteiger charge is -1.97. The van der Waals surface area contributed by atoms with E-state index in [4.69, 9.17) is 10.8 Å². The van der Waals surface area contributed by atoms with Crippen LogP contribution in [0.3, 0.4) is 0 Å². The molecular weight excluding hydrogens is 92.1 g/mol. The molecular formula is C4H10N2O. The second kappa shape index (κ2) is 3.77. The fourth-order valence-corrected chi connectivity index (χ4v) is 0.240. The van der Waals surface area contributed by atoms with Crippen molar-refractivity contribution in [2.45, 2.75) is 12.6 Å². The van der Waals surface area contributed by atoms with E-state index in [2.05, 4.69) is 11.7 Å². The predicted molar refractivity (Wildman–Crippen MR) is 29.2 cm³/mol. The van der Waals surface area contributed by atoms with Gasteiger partial charge in [-0.3, -0.25) is 4.99 Å². The Labute approximate surface area is 42.9 Å². The Balaban J connectivity index is 2.98. The summed E-state index contributed by atoms with van der Waals surface area (Å²) in [6, 6.07) is 0. The molecule has 0 aromatic rings. The van der Waals surface area contributed by atoms with E-state index >= 15 is 0 Å². The fraction of sp³-hybridized carbons (Fsp3) is 0.750. The van der Waals surface area contributed by atoms with Gasteiger partial charge in [0.25, 0.3) is 0 Å². The number of nitrogens with zero attached hydrogens (tertiary/aromatic N) is 1. The van der Waals surface area contributed by atoms with Crippen molar-refractivity contribution in [3.8, 4) is 0 Å². The van der Waals surface area contributed by atoms with Gasteiger partial charge in [-0.2, -0.15) is 0 Å². The first-order valence-corrected chi connectivity index (χ1v) is 2.15. The largest absolute Gasteiger partial charge is 0.372 e. The summed E-state index contributed by atoms with van der Waals surface area (Å²) < 4.78 is 0.